The Kier molecular flexibility index (Phi) is 7.91. The lowest BCUT2D eigenvalue weighted by Crippen LogP contribution is -2.44. The van der Waals surface area contributed by atoms with Gasteiger partial charge in [-0.1, -0.05) is 19.6 Å². The summed E-state index contributed by atoms with van der Waals surface area (Å²) in [5, 5.41) is 5.43. The summed E-state index contributed by atoms with van der Waals surface area (Å²) in [7, 11) is -4.39. The number of urea groups is 1. The molecule has 2 amide bonds. The fraction of sp³-hybridized carbons (Fsp3) is 0.650. The molecular formula is C20H34N6O4SSi. The second kappa shape index (κ2) is 10.3. The van der Waals surface area contributed by atoms with Crippen molar-refractivity contribution in [2.45, 2.75) is 58.2 Å². The fourth-order valence-electron chi connectivity index (χ4n) is 3.58. The van der Waals surface area contributed by atoms with Crippen LogP contribution < -0.4 is 10.6 Å². The Labute approximate surface area is 190 Å². The monoisotopic (exact) mass is 482 g/mol. The van der Waals surface area contributed by atoms with Crippen molar-refractivity contribution in [3.8, 4) is 0 Å². The molecule has 1 unspecified atom stereocenters. The van der Waals surface area contributed by atoms with E-state index in [1.54, 1.807) is 6.92 Å². The van der Waals surface area contributed by atoms with Crippen molar-refractivity contribution in [2.75, 3.05) is 30.8 Å². The third-order valence-corrected chi connectivity index (χ3v) is 9.10. The highest BCUT2D eigenvalue weighted by molar-refractivity contribution is 7.89. The standard InChI is InChI=1S/C20H34N6O4SSi/c1-5-31(28,29)26-9-6-7-16(26)13-22-20(27)24-18-14-21-19-17(23-18)8-10-25(19)15-30-11-12-32(2,3)4/h8,10,14,16H,5-7,9,11-13,15H2,1-4H3,(H2,22,23,24,27). The maximum Gasteiger partial charge on any atom is 0.320 e. The highest BCUT2D eigenvalue weighted by atomic mass is 32.2. The molecule has 2 N–H and O–H groups in total. The molecule has 2 aromatic rings. The maximum absolute atomic E-state index is 12.3. The van der Waals surface area contributed by atoms with Gasteiger partial charge in [0.15, 0.2) is 11.5 Å². The molecule has 3 heterocycles. The second-order valence-electron chi connectivity index (χ2n) is 9.24. The van der Waals surface area contributed by atoms with E-state index in [0.29, 0.717) is 30.3 Å². The summed E-state index contributed by atoms with van der Waals surface area (Å²) >= 11 is 0. The molecule has 0 aromatic carbocycles. The van der Waals surface area contributed by atoms with E-state index in [1.165, 1.54) is 10.5 Å². The van der Waals surface area contributed by atoms with Crippen LogP contribution in [0, 0.1) is 0 Å². The van der Waals surface area contributed by atoms with E-state index in [0.717, 1.165) is 25.5 Å². The van der Waals surface area contributed by atoms with Crippen LogP contribution in [0.5, 0.6) is 0 Å². The first-order valence-corrected chi connectivity index (χ1v) is 16.3. The molecule has 1 aliphatic heterocycles. The topological polar surface area (TPSA) is 118 Å². The van der Waals surface area contributed by atoms with Crippen molar-refractivity contribution in [1.82, 2.24) is 24.2 Å². The lowest BCUT2D eigenvalue weighted by atomic mass is 10.2. The lowest BCUT2D eigenvalue weighted by Gasteiger charge is -2.23. The Morgan fingerprint density at radius 3 is 2.84 bits per heavy atom. The first-order chi connectivity index (χ1) is 15.1. The van der Waals surface area contributed by atoms with E-state index in [-0.39, 0.29) is 18.3 Å². The number of aromatic nitrogens is 3. The Hall–Kier alpha value is -2.02. The summed E-state index contributed by atoms with van der Waals surface area (Å²) in [5.41, 5.74) is 1.35. The first-order valence-electron chi connectivity index (χ1n) is 11.0. The Morgan fingerprint density at radius 2 is 2.12 bits per heavy atom. The quantitative estimate of drug-likeness (QED) is 0.397. The van der Waals surface area contributed by atoms with Crippen LogP contribution >= 0.6 is 0 Å². The van der Waals surface area contributed by atoms with Crippen molar-refractivity contribution < 1.29 is 17.9 Å². The van der Waals surface area contributed by atoms with Gasteiger partial charge in [0.25, 0.3) is 0 Å². The number of nitrogens with one attached hydrogen (secondary N) is 2. The number of amides is 2. The van der Waals surface area contributed by atoms with Crippen LogP contribution in [0.4, 0.5) is 10.6 Å². The molecule has 1 fully saturated rings. The van der Waals surface area contributed by atoms with Crippen LogP contribution in [0.1, 0.15) is 19.8 Å². The van der Waals surface area contributed by atoms with Crippen LogP contribution in [0.15, 0.2) is 18.5 Å². The molecule has 32 heavy (non-hydrogen) atoms. The predicted octanol–water partition coefficient (Wildman–Crippen LogP) is 2.68. The summed E-state index contributed by atoms with van der Waals surface area (Å²) in [5.74, 6) is 0.394. The third-order valence-electron chi connectivity index (χ3n) is 5.48. The van der Waals surface area contributed by atoms with Crippen LogP contribution in [0.25, 0.3) is 11.2 Å². The van der Waals surface area contributed by atoms with Gasteiger partial charge in [-0.25, -0.2) is 23.2 Å². The SMILES string of the molecule is CCS(=O)(=O)N1CCCC1CNC(=O)Nc1cnc2c(ccn2COCC[Si](C)(C)C)n1. The summed E-state index contributed by atoms with van der Waals surface area (Å²) in [6, 6.07) is 2.28. The van der Waals surface area contributed by atoms with Gasteiger partial charge in [-0.05, 0) is 31.9 Å². The number of rotatable bonds is 10. The number of sulfonamides is 1. The van der Waals surface area contributed by atoms with Gasteiger partial charge in [-0.15, -0.1) is 0 Å². The largest absolute Gasteiger partial charge is 0.361 e. The molecule has 1 saturated heterocycles. The molecule has 1 atom stereocenters. The zero-order valence-electron chi connectivity index (χ0n) is 19.3. The van der Waals surface area contributed by atoms with Crippen LogP contribution in [0.2, 0.25) is 25.7 Å². The number of hydrogen-bond acceptors (Lipinski definition) is 6. The van der Waals surface area contributed by atoms with Crippen molar-refractivity contribution in [2.24, 2.45) is 0 Å². The number of anilines is 1. The van der Waals surface area contributed by atoms with Gasteiger partial charge in [-0.2, -0.15) is 4.31 Å². The molecule has 3 rings (SSSR count). The minimum absolute atomic E-state index is 0.0638. The molecule has 0 saturated carbocycles. The van der Waals surface area contributed by atoms with E-state index in [9.17, 15) is 13.2 Å². The third kappa shape index (κ3) is 6.50. The average molecular weight is 483 g/mol. The van der Waals surface area contributed by atoms with E-state index in [2.05, 4.69) is 40.2 Å². The number of ether oxygens (including phenoxy) is 1. The van der Waals surface area contributed by atoms with Gasteiger partial charge >= 0.3 is 6.03 Å². The van der Waals surface area contributed by atoms with Crippen molar-refractivity contribution in [3.05, 3.63) is 18.5 Å². The Balaban J connectivity index is 1.52. The summed E-state index contributed by atoms with van der Waals surface area (Å²) < 4.78 is 33.5. The molecular weight excluding hydrogens is 448 g/mol. The molecule has 0 radical (unpaired) electrons. The molecule has 0 spiro atoms. The molecule has 12 heteroatoms. The zero-order chi connectivity index (χ0) is 23.4. The first kappa shape index (κ1) is 24.6. The average Bonchev–Trinajstić information content (AvgIpc) is 3.36. The summed E-state index contributed by atoms with van der Waals surface area (Å²) in [6.07, 6.45) is 4.91. The number of fused-ring (bicyclic) bond motifs is 1. The van der Waals surface area contributed by atoms with E-state index in [4.69, 9.17) is 4.74 Å². The van der Waals surface area contributed by atoms with Gasteiger partial charge in [0.2, 0.25) is 10.0 Å². The smallest absolute Gasteiger partial charge is 0.320 e. The number of hydrogen-bond donors (Lipinski definition) is 2. The Morgan fingerprint density at radius 1 is 1.34 bits per heavy atom. The fourth-order valence-corrected chi connectivity index (χ4v) is 5.71. The van der Waals surface area contributed by atoms with Crippen LogP contribution in [-0.4, -0.2) is 72.9 Å². The summed E-state index contributed by atoms with van der Waals surface area (Å²) in [6.45, 7) is 10.5. The van der Waals surface area contributed by atoms with Gasteiger partial charge < -0.3 is 14.6 Å². The molecule has 1 aliphatic rings. The second-order valence-corrected chi connectivity index (χ2v) is 17.1. The van der Waals surface area contributed by atoms with E-state index in [1.807, 2.05) is 16.8 Å². The van der Waals surface area contributed by atoms with Gasteiger partial charge in [0.1, 0.15) is 12.2 Å². The van der Waals surface area contributed by atoms with Gasteiger partial charge in [-0.3, -0.25) is 5.32 Å². The van der Waals surface area contributed by atoms with Crippen LogP contribution in [-0.2, 0) is 21.5 Å². The molecule has 10 nitrogen and oxygen atoms in total. The van der Waals surface area contributed by atoms with Crippen molar-refractivity contribution in [1.29, 1.82) is 0 Å². The molecule has 2 aromatic heterocycles. The Bertz CT molecular complexity index is 1040. The van der Waals surface area contributed by atoms with Crippen molar-refractivity contribution in [3.63, 3.8) is 0 Å². The zero-order valence-corrected chi connectivity index (χ0v) is 21.1. The van der Waals surface area contributed by atoms with E-state index < -0.39 is 24.1 Å². The molecule has 0 bridgehead atoms. The van der Waals surface area contributed by atoms with E-state index >= 15 is 0 Å². The minimum Gasteiger partial charge on any atom is -0.361 e. The number of carbonyl (C=O) groups excluding carboxylic acids is 1. The van der Waals surface area contributed by atoms with Gasteiger partial charge in [0.05, 0.1) is 11.9 Å². The minimum atomic E-state index is -3.26. The van der Waals surface area contributed by atoms with Gasteiger partial charge in [0, 0.05) is 40.0 Å². The normalized spacial score (nSPS) is 17.7. The molecule has 0 aliphatic carbocycles. The highest BCUT2D eigenvalue weighted by Crippen LogP contribution is 2.21. The number of carbonyl (C=O) groups is 1. The molecule has 178 valence electrons. The highest BCUT2D eigenvalue weighted by Gasteiger charge is 2.33. The number of nitrogens with zero attached hydrogens (tertiary/aromatic N) is 4. The summed E-state index contributed by atoms with van der Waals surface area (Å²) in [4.78, 5) is 21.2. The lowest BCUT2D eigenvalue weighted by molar-refractivity contribution is 0.0899. The predicted molar refractivity (Wildman–Crippen MR) is 128 cm³/mol. The maximum atomic E-state index is 12.3. The van der Waals surface area contributed by atoms with Crippen molar-refractivity contribution >= 4 is 41.1 Å². The van der Waals surface area contributed by atoms with Crippen LogP contribution in [0.3, 0.4) is 0 Å².